The van der Waals surface area contributed by atoms with Crippen molar-refractivity contribution in [3.8, 4) is 0 Å². The zero-order chi connectivity index (χ0) is 17.1. The topological polar surface area (TPSA) is 54.9 Å². The first kappa shape index (κ1) is 16.7. The number of morpholine rings is 1. The highest BCUT2D eigenvalue weighted by atomic mass is 32.1. The van der Waals surface area contributed by atoms with E-state index in [1.165, 1.54) is 5.56 Å². The average molecular weight is 359 g/mol. The molecule has 1 spiro atoms. The van der Waals surface area contributed by atoms with Gasteiger partial charge < -0.3 is 9.47 Å². The van der Waals surface area contributed by atoms with Crippen molar-refractivity contribution < 1.29 is 14.3 Å². The van der Waals surface area contributed by atoms with Gasteiger partial charge in [-0.2, -0.15) is 11.3 Å². The molecule has 7 heteroatoms. The Kier molecular flexibility index (Phi) is 4.80. The number of hydrogen-bond acceptors (Lipinski definition) is 6. The molecule has 0 aliphatic carbocycles. The first-order chi connectivity index (χ1) is 12.2. The Balaban J connectivity index is 1.53. The molecule has 2 saturated heterocycles. The fourth-order valence-electron chi connectivity index (χ4n) is 3.38. The van der Waals surface area contributed by atoms with Gasteiger partial charge in [0.15, 0.2) is 0 Å². The minimum Gasteiger partial charge on any atom is -0.377 e. The Morgan fingerprint density at radius 1 is 1.28 bits per heavy atom. The number of ether oxygens (including phenoxy) is 2. The van der Waals surface area contributed by atoms with E-state index in [0.717, 1.165) is 19.6 Å². The lowest BCUT2D eigenvalue weighted by atomic mass is 10.0. The number of hydrogen-bond donors (Lipinski definition) is 0. The van der Waals surface area contributed by atoms with E-state index < -0.39 is 5.60 Å². The molecule has 0 aromatic carbocycles. The van der Waals surface area contributed by atoms with Crippen molar-refractivity contribution in [2.45, 2.75) is 12.1 Å². The summed E-state index contributed by atoms with van der Waals surface area (Å²) in [6.07, 6.45) is 1.71. The van der Waals surface area contributed by atoms with E-state index in [1.54, 1.807) is 22.4 Å². The third-order valence-electron chi connectivity index (χ3n) is 4.59. The number of nitrogens with zero attached hydrogens (tertiary/aromatic N) is 3. The molecule has 2 aromatic rings. The van der Waals surface area contributed by atoms with Crippen molar-refractivity contribution in [1.82, 2.24) is 9.88 Å². The van der Waals surface area contributed by atoms with Crippen molar-refractivity contribution in [2.75, 3.05) is 44.4 Å². The van der Waals surface area contributed by atoms with Crippen LogP contribution >= 0.6 is 11.3 Å². The summed E-state index contributed by atoms with van der Waals surface area (Å²) in [6, 6.07) is 7.75. The predicted octanol–water partition coefficient (Wildman–Crippen LogP) is 1.78. The summed E-state index contributed by atoms with van der Waals surface area (Å²) < 4.78 is 11.9. The van der Waals surface area contributed by atoms with Crippen LogP contribution in [0.4, 0.5) is 5.82 Å². The molecule has 0 bridgehead atoms. The summed E-state index contributed by atoms with van der Waals surface area (Å²) in [5.41, 5.74) is 0.785. The van der Waals surface area contributed by atoms with Crippen molar-refractivity contribution in [2.24, 2.45) is 0 Å². The van der Waals surface area contributed by atoms with Gasteiger partial charge in [-0.25, -0.2) is 4.98 Å². The van der Waals surface area contributed by atoms with Crippen LogP contribution in [0.3, 0.4) is 0 Å². The summed E-state index contributed by atoms with van der Waals surface area (Å²) in [5, 5.41) is 4.27. The van der Waals surface area contributed by atoms with Gasteiger partial charge in [-0.1, -0.05) is 6.07 Å². The van der Waals surface area contributed by atoms with Gasteiger partial charge >= 0.3 is 0 Å². The minimum absolute atomic E-state index is 0.0574. The molecule has 2 aliphatic heterocycles. The lowest BCUT2D eigenvalue weighted by molar-refractivity contribution is -0.146. The molecule has 2 fully saturated rings. The molecule has 132 valence electrons. The Labute approximate surface area is 151 Å². The van der Waals surface area contributed by atoms with E-state index in [1.807, 2.05) is 18.2 Å². The van der Waals surface area contributed by atoms with Gasteiger partial charge in [0.05, 0.1) is 19.8 Å². The standard InChI is InChI=1S/C18H21N3O3S/c22-17-10-24-18(13-21(17)16-3-1-2-5-19-16)12-20(6-7-23-14-18)9-15-4-8-25-11-15/h1-5,8,11H,6-7,9-10,12-14H2. The largest absolute Gasteiger partial charge is 0.377 e. The Hall–Kier alpha value is -1.80. The molecule has 1 amide bonds. The van der Waals surface area contributed by atoms with E-state index in [2.05, 4.69) is 26.7 Å². The number of aromatic nitrogens is 1. The summed E-state index contributed by atoms with van der Waals surface area (Å²) >= 11 is 1.71. The number of thiophene rings is 1. The SMILES string of the molecule is O=C1COC2(COCCN(Cc3ccsc3)C2)CN1c1ccccn1. The third-order valence-corrected chi connectivity index (χ3v) is 5.32. The van der Waals surface area contributed by atoms with Gasteiger partial charge in [0.1, 0.15) is 18.0 Å². The van der Waals surface area contributed by atoms with Gasteiger partial charge in [0.25, 0.3) is 5.91 Å². The van der Waals surface area contributed by atoms with Crippen LogP contribution in [-0.2, 0) is 20.8 Å². The van der Waals surface area contributed by atoms with Crippen LogP contribution < -0.4 is 4.90 Å². The van der Waals surface area contributed by atoms with Gasteiger partial charge in [-0.05, 0) is 34.5 Å². The summed E-state index contributed by atoms with van der Waals surface area (Å²) in [6.45, 7) is 4.15. The lowest BCUT2D eigenvalue weighted by Gasteiger charge is -2.42. The normalized spacial score (nSPS) is 25.3. The maximum absolute atomic E-state index is 12.4. The minimum atomic E-state index is -0.516. The maximum Gasteiger partial charge on any atom is 0.254 e. The van der Waals surface area contributed by atoms with E-state index in [0.29, 0.717) is 25.6 Å². The van der Waals surface area contributed by atoms with Crippen LogP contribution in [0.25, 0.3) is 0 Å². The highest BCUT2D eigenvalue weighted by molar-refractivity contribution is 7.07. The molecule has 0 saturated carbocycles. The molecule has 25 heavy (non-hydrogen) atoms. The van der Waals surface area contributed by atoms with E-state index in [9.17, 15) is 4.79 Å². The lowest BCUT2D eigenvalue weighted by Crippen LogP contribution is -2.60. The molecule has 2 aliphatic rings. The summed E-state index contributed by atoms with van der Waals surface area (Å²) in [7, 11) is 0. The molecular weight excluding hydrogens is 338 g/mol. The van der Waals surface area contributed by atoms with Gasteiger partial charge in [-0.15, -0.1) is 0 Å². The number of pyridine rings is 1. The van der Waals surface area contributed by atoms with Crippen molar-refractivity contribution in [3.05, 3.63) is 46.8 Å². The highest BCUT2D eigenvalue weighted by Gasteiger charge is 2.43. The first-order valence-electron chi connectivity index (χ1n) is 8.41. The van der Waals surface area contributed by atoms with Crippen LogP contribution in [0.2, 0.25) is 0 Å². The van der Waals surface area contributed by atoms with Gasteiger partial charge in [-0.3, -0.25) is 14.6 Å². The molecule has 0 N–H and O–H groups in total. The summed E-state index contributed by atoms with van der Waals surface area (Å²) in [4.78, 5) is 20.8. The molecule has 0 radical (unpaired) electrons. The van der Waals surface area contributed by atoms with Crippen LogP contribution in [0.1, 0.15) is 5.56 Å². The molecule has 1 atom stereocenters. The predicted molar refractivity (Wildman–Crippen MR) is 95.7 cm³/mol. The van der Waals surface area contributed by atoms with Crippen molar-refractivity contribution >= 4 is 23.1 Å². The van der Waals surface area contributed by atoms with Crippen molar-refractivity contribution in [3.63, 3.8) is 0 Å². The maximum atomic E-state index is 12.4. The second-order valence-corrected chi connectivity index (χ2v) is 7.31. The van der Waals surface area contributed by atoms with Crippen molar-refractivity contribution in [1.29, 1.82) is 0 Å². The molecular formula is C18H21N3O3S. The quantitative estimate of drug-likeness (QED) is 0.836. The van der Waals surface area contributed by atoms with Gasteiger partial charge in [0.2, 0.25) is 0 Å². The smallest absolute Gasteiger partial charge is 0.254 e. The monoisotopic (exact) mass is 359 g/mol. The zero-order valence-electron chi connectivity index (χ0n) is 14.0. The Morgan fingerprint density at radius 3 is 3.04 bits per heavy atom. The summed E-state index contributed by atoms with van der Waals surface area (Å²) in [5.74, 6) is 0.613. The molecule has 2 aromatic heterocycles. The third kappa shape index (κ3) is 3.74. The fraction of sp³-hybridized carbons (Fsp3) is 0.444. The van der Waals surface area contributed by atoms with Crippen LogP contribution in [-0.4, -0.2) is 60.8 Å². The van der Waals surface area contributed by atoms with Crippen LogP contribution in [0.5, 0.6) is 0 Å². The number of amides is 1. The molecule has 4 rings (SSSR count). The van der Waals surface area contributed by atoms with E-state index in [-0.39, 0.29) is 12.5 Å². The number of rotatable bonds is 3. The molecule has 1 unspecified atom stereocenters. The van der Waals surface area contributed by atoms with E-state index >= 15 is 0 Å². The van der Waals surface area contributed by atoms with Gasteiger partial charge in [0, 0.05) is 25.8 Å². The second kappa shape index (κ2) is 7.21. The van der Waals surface area contributed by atoms with Crippen LogP contribution in [0.15, 0.2) is 41.2 Å². The average Bonchev–Trinajstić information content (AvgIpc) is 3.07. The highest BCUT2D eigenvalue weighted by Crippen LogP contribution is 2.27. The Bertz CT molecular complexity index is 710. The zero-order valence-corrected chi connectivity index (χ0v) is 14.8. The first-order valence-corrected chi connectivity index (χ1v) is 9.35. The fourth-order valence-corrected chi connectivity index (χ4v) is 4.04. The molecule has 6 nitrogen and oxygen atoms in total. The van der Waals surface area contributed by atoms with Crippen LogP contribution in [0, 0.1) is 0 Å². The number of carbonyl (C=O) groups excluding carboxylic acids is 1. The molecule has 4 heterocycles. The Morgan fingerprint density at radius 2 is 2.24 bits per heavy atom. The number of anilines is 1. The second-order valence-electron chi connectivity index (χ2n) is 6.53. The number of carbonyl (C=O) groups is 1. The van der Waals surface area contributed by atoms with E-state index in [4.69, 9.17) is 9.47 Å².